The molecule has 418 valence electrons. The monoisotopic (exact) mass is 1090 g/mol. The number of benzene rings is 3. The second-order valence-corrected chi connectivity index (χ2v) is 27.7. The first-order valence-electron chi connectivity index (χ1n) is 26.5. The van der Waals surface area contributed by atoms with Crippen LogP contribution in [0.4, 0.5) is 0 Å². The van der Waals surface area contributed by atoms with Gasteiger partial charge < -0.3 is 42.9 Å². The second-order valence-electron chi connectivity index (χ2n) is 21.3. The normalized spacial score (nSPS) is 26.4. The molecule has 19 nitrogen and oxygen atoms in total. The first kappa shape index (κ1) is 60.7. The van der Waals surface area contributed by atoms with Crippen molar-refractivity contribution >= 4 is 34.0 Å². The summed E-state index contributed by atoms with van der Waals surface area (Å²) in [5.41, 5.74) is 13.4. The van der Waals surface area contributed by atoms with Crippen molar-refractivity contribution in [2.45, 2.75) is 193 Å². The van der Waals surface area contributed by atoms with Gasteiger partial charge in [-0.3, -0.25) is 28.0 Å². The predicted octanol–water partition coefficient (Wildman–Crippen LogP) is 10.8. The number of hydrogen-bond donors (Lipinski definition) is 1. The molecule has 3 aliphatic heterocycles. The van der Waals surface area contributed by atoms with Crippen LogP contribution in [0.25, 0.3) is 10.4 Å². The van der Waals surface area contributed by atoms with Crippen LogP contribution < -0.4 is 5.32 Å². The maximum atomic E-state index is 14.6. The Morgan fingerprint density at radius 2 is 1.38 bits per heavy atom. The van der Waals surface area contributed by atoms with Crippen LogP contribution in [0.15, 0.2) is 90.0 Å². The largest absolute Gasteiger partial charge is 0.475 e. The molecular formula is C55H79N4O15PSi. The molecule has 0 radical (unpaired) electrons. The number of phosphoric acid groups is 1. The molecule has 1 N–H and O–H groups in total. The van der Waals surface area contributed by atoms with Crippen LogP contribution >= 0.6 is 7.82 Å². The summed E-state index contributed by atoms with van der Waals surface area (Å²) in [7, 11) is -7.04. The third kappa shape index (κ3) is 17.0. The summed E-state index contributed by atoms with van der Waals surface area (Å²) in [6.07, 6.45) is -7.62. The van der Waals surface area contributed by atoms with Gasteiger partial charge in [-0.05, 0) is 58.3 Å². The van der Waals surface area contributed by atoms with Gasteiger partial charge in [0.05, 0.1) is 52.1 Å². The van der Waals surface area contributed by atoms with Crippen LogP contribution in [0.3, 0.4) is 0 Å². The first-order chi connectivity index (χ1) is 36.3. The molecule has 21 heteroatoms. The topological polar surface area (TPSA) is 231 Å². The predicted molar refractivity (Wildman–Crippen MR) is 284 cm³/mol. The minimum absolute atomic E-state index is 0.00993. The standard InChI is InChI=1S/C55H79N4O15PSi/c1-11-36(4)28-47(62)72-52-49(58-59-56)54(74-76(9,10)55(6,7)8)71-44(51(52)65-31-39-24-18-15-19-25-39)35-66-53-48(57-45(60)29-42(12-2)69-46(61)13-3)37(5)50(43(70-53)34-64-30-38-22-16-14-17-23-38)73-75(63)67-32-40-26-20-21-27-41(40)33-68-75/h14-27,36-37,42-44,48-54H,11-13,28-35H2,1-10H3,(H,57,60)/t36-,37-,42-,43?,44?,48?,49?,50+,51+,52-,53-,54?/m1/s1. The molecule has 0 bridgehead atoms. The molecule has 3 aliphatic rings. The van der Waals surface area contributed by atoms with E-state index in [0.29, 0.717) is 6.42 Å². The van der Waals surface area contributed by atoms with Gasteiger partial charge in [-0.1, -0.05) is 152 Å². The van der Waals surface area contributed by atoms with E-state index in [1.165, 1.54) is 0 Å². The van der Waals surface area contributed by atoms with E-state index in [1.54, 1.807) is 13.8 Å². The minimum Gasteiger partial charge on any atom is -0.462 e. The van der Waals surface area contributed by atoms with Crippen molar-refractivity contribution in [2.24, 2.45) is 17.0 Å². The highest BCUT2D eigenvalue weighted by atomic mass is 31.2. The Bertz CT molecular complexity index is 2400. The molecule has 0 saturated carbocycles. The summed E-state index contributed by atoms with van der Waals surface area (Å²) in [5.74, 6) is -2.22. The number of phosphoric ester groups is 1. The van der Waals surface area contributed by atoms with Gasteiger partial charge in [-0.25, -0.2) is 4.57 Å². The number of carbonyl (C=O) groups excluding carboxylic acids is 3. The van der Waals surface area contributed by atoms with Crippen molar-refractivity contribution in [3.8, 4) is 0 Å². The van der Waals surface area contributed by atoms with Gasteiger partial charge in [0.1, 0.15) is 42.7 Å². The van der Waals surface area contributed by atoms with Gasteiger partial charge >= 0.3 is 19.8 Å². The Balaban J connectivity index is 1.39. The summed E-state index contributed by atoms with van der Waals surface area (Å²) >= 11 is 0. The molecule has 1 amide bonds. The molecule has 0 aliphatic carbocycles. The molecular weight excluding hydrogens is 1020 g/mol. The highest BCUT2D eigenvalue weighted by molar-refractivity contribution is 7.48. The maximum absolute atomic E-state index is 14.6. The molecule has 76 heavy (non-hydrogen) atoms. The number of nitrogens with zero attached hydrogens (tertiary/aromatic N) is 3. The van der Waals surface area contributed by atoms with Crippen molar-refractivity contribution in [3.63, 3.8) is 0 Å². The van der Waals surface area contributed by atoms with E-state index >= 15 is 0 Å². The number of azide groups is 1. The van der Waals surface area contributed by atoms with E-state index in [4.69, 9.17) is 51.2 Å². The zero-order valence-corrected chi connectivity index (χ0v) is 47.6. The van der Waals surface area contributed by atoms with Crippen LogP contribution in [0, 0.1) is 11.8 Å². The van der Waals surface area contributed by atoms with Crippen LogP contribution in [0.5, 0.6) is 0 Å². The second kappa shape index (κ2) is 28.4. The smallest absolute Gasteiger partial charge is 0.462 e. The van der Waals surface area contributed by atoms with E-state index in [-0.39, 0.29) is 69.9 Å². The Morgan fingerprint density at radius 3 is 1.96 bits per heavy atom. The number of amides is 1. The number of esters is 2. The Morgan fingerprint density at radius 1 is 0.789 bits per heavy atom. The Kier molecular flexibility index (Phi) is 22.7. The molecule has 3 aromatic carbocycles. The fraction of sp³-hybridized carbons (Fsp3) is 0.618. The molecule has 3 heterocycles. The lowest BCUT2D eigenvalue weighted by molar-refractivity contribution is -0.294. The van der Waals surface area contributed by atoms with Crippen LogP contribution in [0.2, 0.25) is 18.1 Å². The SMILES string of the molecule is CCC(=O)O[C@H](CC)CC(=O)NC1[C@H](OCC2OC(O[Si](C)(C)C(C)(C)C)C(N=[N+]=[N-])[C@@H](OC(=O)C[C@H](C)CC)[C@H]2OCc2ccccc2)OC(COCc2ccccc2)[C@@H](OP2(=O)OCc3ccccc3CO2)[C@@H]1C. The van der Waals surface area contributed by atoms with E-state index in [0.717, 1.165) is 28.7 Å². The van der Waals surface area contributed by atoms with Crippen molar-refractivity contribution in [3.05, 3.63) is 118 Å². The quantitative estimate of drug-likeness (QED) is 0.0208. The fourth-order valence-electron chi connectivity index (χ4n) is 8.70. The number of rotatable bonds is 25. The van der Waals surface area contributed by atoms with E-state index in [1.807, 2.05) is 119 Å². The lowest BCUT2D eigenvalue weighted by Crippen LogP contribution is -2.64. The summed E-state index contributed by atoms with van der Waals surface area (Å²) in [5, 5.41) is 6.94. The molecule has 3 aromatic rings. The van der Waals surface area contributed by atoms with Crippen LogP contribution in [-0.2, 0) is 96.5 Å². The maximum Gasteiger partial charge on any atom is 0.475 e. The molecule has 2 saturated heterocycles. The number of fused-ring (bicyclic) bond motifs is 1. The lowest BCUT2D eigenvalue weighted by atomic mass is 9.88. The van der Waals surface area contributed by atoms with E-state index < -0.39 is 101 Å². The van der Waals surface area contributed by atoms with E-state index in [2.05, 4.69) is 36.1 Å². The molecule has 12 atom stereocenters. The number of ether oxygens (including phenoxy) is 7. The minimum atomic E-state index is -4.33. The molecule has 6 rings (SSSR count). The van der Waals surface area contributed by atoms with Gasteiger partial charge in [0.2, 0.25) is 5.91 Å². The van der Waals surface area contributed by atoms with Gasteiger partial charge in [-0.2, -0.15) is 0 Å². The zero-order valence-electron chi connectivity index (χ0n) is 45.7. The summed E-state index contributed by atoms with van der Waals surface area (Å²) in [6.45, 7) is 19.2. The van der Waals surface area contributed by atoms with Crippen LogP contribution in [0.1, 0.15) is 110 Å². The molecule has 0 aromatic heterocycles. The molecule has 0 spiro atoms. The molecule has 2 fully saturated rings. The van der Waals surface area contributed by atoms with E-state index in [9.17, 15) is 24.5 Å². The first-order valence-corrected chi connectivity index (χ1v) is 30.9. The van der Waals surface area contributed by atoms with Crippen molar-refractivity contribution in [1.82, 2.24) is 5.32 Å². The van der Waals surface area contributed by atoms with Gasteiger partial charge in [-0.15, -0.1) is 0 Å². The third-order valence-corrected chi connectivity index (χ3v) is 20.4. The van der Waals surface area contributed by atoms with Crippen LogP contribution in [-0.4, -0.2) is 101 Å². The van der Waals surface area contributed by atoms with Crippen molar-refractivity contribution in [1.29, 1.82) is 0 Å². The Labute approximate surface area is 449 Å². The average molecular weight is 1100 g/mol. The Hall–Kier alpha value is -4.53. The lowest BCUT2D eigenvalue weighted by Gasteiger charge is -2.49. The summed E-state index contributed by atoms with van der Waals surface area (Å²) in [6, 6.07) is 24.2. The average Bonchev–Trinajstić information content (AvgIpc) is 3.58. The third-order valence-electron chi connectivity index (χ3n) is 14.6. The molecule has 5 unspecified atom stereocenters. The van der Waals surface area contributed by atoms with Crippen molar-refractivity contribution in [2.75, 3.05) is 13.2 Å². The van der Waals surface area contributed by atoms with Gasteiger partial charge in [0.25, 0.3) is 0 Å². The van der Waals surface area contributed by atoms with Gasteiger partial charge in [0.15, 0.2) is 20.9 Å². The number of carbonyl (C=O) groups is 3. The highest BCUT2D eigenvalue weighted by Gasteiger charge is 2.54. The van der Waals surface area contributed by atoms with Crippen molar-refractivity contribution < 1.29 is 70.1 Å². The fourth-order valence-corrected chi connectivity index (χ4v) is 11.2. The highest BCUT2D eigenvalue weighted by Crippen LogP contribution is 2.55. The van der Waals surface area contributed by atoms with Gasteiger partial charge in [0, 0.05) is 23.7 Å². The summed E-state index contributed by atoms with van der Waals surface area (Å²) < 4.78 is 85.4. The number of hydrogen-bond acceptors (Lipinski definition) is 16. The summed E-state index contributed by atoms with van der Waals surface area (Å²) in [4.78, 5) is 43.7. The zero-order chi connectivity index (χ0) is 55.0. The number of nitrogens with one attached hydrogen (secondary N) is 1.